The highest BCUT2D eigenvalue weighted by Gasteiger charge is 2.13. The van der Waals surface area contributed by atoms with Gasteiger partial charge in [0.15, 0.2) is 0 Å². The second-order valence-electron chi connectivity index (χ2n) is 5.81. The van der Waals surface area contributed by atoms with Crippen molar-refractivity contribution in [2.24, 2.45) is 0 Å². The number of fused-ring (bicyclic) bond motifs is 1. The van der Waals surface area contributed by atoms with Crippen molar-refractivity contribution in [3.05, 3.63) is 71.4 Å². The van der Waals surface area contributed by atoms with Gasteiger partial charge in [0, 0.05) is 11.1 Å². The molecule has 1 heterocycles. The number of pyridine rings is 1. The SMILES string of the molecule is CCc1cccc(OCCOC(=O)c2cc(C)nc3ccccc23)c1. The molecule has 128 valence electrons. The van der Waals surface area contributed by atoms with E-state index in [0.29, 0.717) is 12.2 Å². The third kappa shape index (κ3) is 4.15. The van der Waals surface area contributed by atoms with Crippen molar-refractivity contribution < 1.29 is 14.3 Å². The van der Waals surface area contributed by atoms with E-state index < -0.39 is 0 Å². The van der Waals surface area contributed by atoms with Crippen molar-refractivity contribution in [1.82, 2.24) is 4.98 Å². The van der Waals surface area contributed by atoms with Crippen molar-refractivity contribution in [2.45, 2.75) is 20.3 Å². The summed E-state index contributed by atoms with van der Waals surface area (Å²) in [6, 6.07) is 17.3. The average Bonchev–Trinajstić information content (AvgIpc) is 2.64. The summed E-state index contributed by atoms with van der Waals surface area (Å²) >= 11 is 0. The molecule has 25 heavy (non-hydrogen) atoms. The van der Waals surface area contributed by atoms with Crippen LogP contribution in [0.25, 0.3) is 10.9 Å². The van der Waals surface area contributed by atoms with Gasteiger partial charge in [-0.15, -0.1) is 0 Å². The van der Waals surface area contributed by atoms with E-state index in [2.05, 4.69) is 18.0 Å². The Labute approximate surface area is 147 Å². The molecule has 4 nitrogen and oxygen atoms in total. The van der Waals surface area contributed by atoms with E-state index in [-0.39, 0.29) is 12.6 Å². The van der Waals surface area contributed by atoms with Gasteiger partial charge in [-0.2, -0.15) is 0 Å². The predicted octanol–water partition coefficient (Wildman–Crippen LogP) is 4.34. The van der Waals surface area contributed by atoms with Gasteiger partial charge in [0.1, 0.15) is 19.0 Å². The van der Waals surface area contributed by atoms with E-state index in [1.54, 1.807) is 6.07 Å². The molecular weight excluding hydrogens is 314 g/mol. The Bertz CT molecular complexity index is 889. The topological polar surface area (TPSA) is 48.4 Å². The number of carbonyl (C=O) groups is 1. The van der Waals surface area contributed by atoms with E-state index in [9.17, 15) is 4.79 Å². The number of ether oxygens (including phenoxy) is 2. The van der Waals surface area contributed by atoms with Crippen LogP contribution in [-0.4, -0.2) is 24.2 Å². The minimum absolute atomic E-state index is 0.199. The maximum Gasteiger partial charge on any atom is 0.339 e. The summed E-state index contributed by atoms with van der Waals surface area (Å²) < 4.78 is 11.0. The van der Waals surface area contributed by atoms with Crippen molar-refractivity contribution in [3.63, 3.8) is 0 Å². The molecule has 0 fully saturated rings. The summed E-state index contributed by atoms with van der Waals surface area (Å²) in [6.07, 6.45) is 0.959. The Hall–Kier alpha value is -2.88. The molecule has 1 aromatic heterocycles. The fraction of sp³-hybridized carbons (Fsp3) is 0.238. The van der Waals surface area contributed by atoms with Crippen molar-refractivity contribution in [3.8, 4) is 5.75 Å². The Morgan fingerprint density at radius 1 is 1.04 bits per heavy atom. The van der Waals surface area contributed by atoms with Crippen molar-refractivity contribution >= 4 is 16.9 Å². The fourth-order valence-electron chi connectivity index (χ4n) is 2.70. The van der Waals surface area contributed by atoms with Gasteiger partial charge in [0.25, 0.3) is 0 Å². The molecular formula is C21H21NO3. The van der Waals surface area contributed by atoms with Crippen LogP contribution >= 0.6 is 0 Å². The van der Waals surface area contributed by atoms with Crippen LogP contribution in [0.15, 0.2) is 54.6 Å². The van der Waals surface area contributed by atoms with Crippen molar-refractivity contribution in [2.75, 3.05) is 13.2 Å². The first-order valence-corrected chi connectivity index (χ1v) is 8.42. The summed E-state index contributed by atoms with van der Waals surface area (Å²) in [5, 5.41) is 0.801. The van der Waals surface area contributed by atoms with Crippen LogP contribution in [0.1, 0.15) is 28.5 Å². The number of esters is 1. The zero-order valence-corrected chi connectivity index (χ0v) is 14.5. The number of aryl methyl sites for hydroxylation is 2. The minimum atomic E-state index is -0.354. The number of nitrogens with zero attached hydrogens (tertiary/aromatic N) is 1. The van der Waals surface area contributed by atoms with Crippen LogP contribution in [0.4, 0.5) is 0 Å². The van der Waals surface area contributed by atoms with E-state index in [0.717, 1.165) is 28.8 Å². The quantitative estimate of drug-likeness (QED) is 0.496. The smallest absolute Gasteiger partial charge is 0.339 e. The third-order valence-corrected chi connectivity index (χ3v) is 3.96. The standard InChI is InChI=1S/C21H21NO3/c1-3-16-7-6-8-17(14-16)24-11-12-25-21(23)19-13-15(2)22-20-10-5-4-9-18(19)20/h4-10,13-14H,3,11-12H2,1-2H3. The predicted molar refractivity (Wildman–Crippen MR) is 98.1 cm³/mol. The van der Waals surface area contributed by atoms with Gasteiger partial charge in [-0.3, -0.25) is 4.98 Å². The molecule has 0 aliphatic rings. The summed E-state index contributed by atoms with van der Waals surface area (Å²) in [7, 11) is 0. The molecule has 3 aromatic rings. The monoisotopic (exact) mass is 335 g/mol. The van der Waals surface area contributed by atoms with Crippen LogP contribution in [0, 0.1) is 6.92 Å². The van der Waals surface area contributed by atoms with Gasteiger partial charge in [0.05, 0.1) is 11.1 Å². The number of hydrogen-bond donors (Lipinski definition) is 0. The Balaban J connectivity index is 1.61. The molecule has 0 atom stereocenters. The minimum Gasteiger partial charge on any atom is -0.490 e. The van der Waals surface area contributed by atoms with E-state index >= 15 is 0 Å². The van der Waals surface area contributed by atoms with E-state index in [4.69, 9.17) is 9.47 Å². The summed E-state index contributed by atoms with van der Waals surface area (Å²) in [6.45, 7) is 4.49. The van der Waals surface area contributed by atoms with Crippen LogP contribution in [-0.2, 0) is 11.2 Å². The lowest BCUT2D eigenvalue weighted by Gasteiger charge is -2.10. The molecule has 2 aromatic carbocycles. The fourth-order valence-corrected chi connectivity index (χ4v) is 2.70. The Morgan fingerprint density at radius 2 is 1.88 bits per heavy atom. The molecule has 0 bridgehead atoms. The highest BCUT2D eigenvalue weighted by Crippen LogP contribution is 2.19. The Morgan fingerprint density at radius 3 is 2.72 bits per heavy atom. The first-order valence-electron chi connectivity index (χ1n) is 8.42. The molecule has 0 spiro atoms. The summed E-state index contributed by atoms with van der Waals surface area (Å²) in [5.74, 6) is 0.438. The van der Waals surface area contributed by atoms with Crippen LogP contribution in [0.5, 0.6) is 5.75 Å². The lowest BCUT2D eigenvalue weighted by Crippen LogP contribution is -2.13. The molecule has 4 heteroatoms. The number of rotatable bonds is 6. The van der Waals surface area contributed by atoms with Crippen LogP contribution in [0.3, 0.4) is 0 Å². The number of carbonyl (C=O) groups excluding carboxylic acids is 1. The zero-order chi connectivity index (χ0) is 17.6. The molecule has 0 unspecified atom stereocenters. The molecule has 3 rings (SSSR count). The van der Waals surface area contributed by atoms with Gasteiger partial charge in [-0.25, -0.2) is 4.79 Å². The number of aromatic nitrogens is 1. The summed E-state index contributed by atoms with van der Waals surface area (Å²) in [5.41, 5.74) is 3.34. The molecule has 0 aliphatic carbocycles. The normalized spacial score (nSPS) is 10.6. The lowest BCUT2D eigenvalue weighted by molar-refractivity contribution is 0.0452. The number of hydrogen-bond acceptors (Lipinski definition) is 4. The Kier molecular flexibility index (Phi) is 5.29. The molecule has 0 radical (unpaired) electrons. The number of para-hydroxylation sites is 1. The second-order valence-corrected chi connectivity index (χ2v) is 5.81. The highest BCUT2D eigenvalue weighted by molar-refractivity contribution is 6.03. The highest BCUT2D eigenvalue weighted by atomic mass is 16.6. The first kappa shape index (κ1) is 17.0. The van der Waals surface area contributed by atoms with Crippen molar-refractivity contribution in [1.29, 1.82) is 0 Å². The lowest BCUT2D eigenvalue weighted by atomic mass is 10.1. The molecule has 0 aliphatic heterocycles. The number of benzene rings is 2. The third-order valence-electron chi connectivity index (χ3n) is 3.96. The average molecular weight is 335 g/mol. The molecule has 0 N–H and O–H groups in total. The van der Waals surface area contributed by atoms with Gasteiger partial charge in [-0.1, -0.05) is 37.3 Å². The van der Waals surface area contributed by atoms with E-state index in [1.165, 1.54) is 5.56 Å². The zero-order valence-electron chi connectivity index (χ0n) is 14.5. The van der Waals surface area contributed by atoms with Crippen LogP contribution in [0.2, 0.25) is 0 Å². The van der Waals surface area contributed by atoms with Gasteiger partial charge < -0.3 is 9.47 Å². The summed E-state index contributed by atoms with van der Waals surface area (Å²) in [4.78, 5) is 16.9. The second kappa shape index (κ2) is 7.79. The maximum atomic E-state index is 12.4. The molecule has 0 saturated heterocycles. The molecule has 0 saturated carbocycles. The molecule has 0 amide bonds. The first-order chi connectivity index (χ1) is 12.2. The maximum absolute atomic E-state index is 12.4. The van der Waals surface area contributed by atoms with Gasteiger partial charge in [0.2, 0.25) is 0 Å². The van der Waals surface area contributed by atoms with Crippen LogP contribution < -0.4 is 4.74 Å². The van der Waals surface area contributed by atoms with E-state index in [1.807, 2.05) is 49.4 Å². The largest absolute Gasteiger partial charge is 0.490 e. The van der Waals surface area contributed by atoms with Gasteiger partial charge in [-0.05, 0) is 43.2 Å². The van der Waals surface area contributed by atoms with Gasteiger partial charge >= 0.3 is 5.97 Å².